The fourth-order valence-corrected chi connectivity index (χ4v) is 2.34. The summed E-state index contributed by atoms with van der Waals surface area (Å²) in [6, 6.07) is 21.5. The molecule has 3 heteroatoms. The first kappa shape index (κ1) is 12.0. The molecule has 2 nitrogen and oxygen atoms in total. The zero-order valence-corrected chi connectivity index (χ0v) is 10.3. The van der Waals surface area contributed by atoms with Crippen molar-refractivity contribution in [3.8, 4) is 11.1 Å². The predicted octanol–water partition coefficient (Wildman–Crippen LogP) is 2.19. The lowest BCUT2D eigenvalue weighted by Gasteiger charge is -2.11. The van der Waals surface area contributed by atoms with E-state index >= 15 is 0 Å². The number of fused-ring (bicyclic) bond motifs is 1. The number of hydrogen-bond donors (Lipinski definition) is 2. The quantitative estimate of drug-likeness (QED) is 0.682. The third-order valence-corrected chi connectivity index (χ3v) is 3.28. The third-order valence-electron chi connectivity index (χ3n) is 3.28. The van der Waals surface area contributed by atoms with Gasteiger partial charge in [0.05, 0.1) is 0 Å². The van der Waals surface area contributed by atoms with E-state index in [0.29, 0.717) is 5.46 Å². The third kappa shape index (κ3) is 2.26. The van der Waals surface area contributed by atoms with Gasteiger partial charge in [-0.1, -0.05) is 60.7 Å². The summed E-state index contributed by atoms with van der Waals surface area (Å²) >= 11 is 0. The summed E-state index contributed by atoms with van der Waals surface area (Å²) < 4.78 is 0. The van der Waals surface area contributed by atoms with Crippen LogP contribution in [-0.2, 0) is 0 Å². The molecule has 2 N–H and O–H groups in total. The molecule has 0 aliphatic carbocycles. The lowest BCUT2D eigenvalue weighted by molar-refractivity contribution is 0.426. The predicted molar refractivity (Wildman–Crippen MR) is 79.2 cm³/mol. The summed E-state index contributed by atoms with van der Waals surface area (Å²) in [6.07, 6.45) is 0. The highest BCUT2D eigenvalue weighted by Crippen LogP contribution is 2.23. The largest absolute Gasteiger partial charge is 0.489 e. The number of hydrogen-bond acceptors (Lipinski definition) is 2. The van der Waals surface area contributed by atoms with Gasteiger partial charge in [-0.15, -0.1) is 0 Å². The minimum atomic E-state index is -1.47. The summed E-state index contributed by atoms with van der Waals surface area (Å²) in [6.45, 7) is 0. The lowest BCUT2D eigenvalue weighted by Crippen LogP contribution is -2.31. The Hall–Kier alpha value is -2.10. The van der Waals surface area contributed by atoms with Crippen molar-refractivity contribution in [1.29, 1.82) is 0 Å². The van der Waals surface area contributed by atoms with Crippen LogP contribution in [0.25, 0.3) is 21.9 Å². The van der Waals surface area contributed by atoms with E-state index in [-0.39, 0.29) is 0 Å². The van der Waals surface area contributed by atoms with Gasteiger partial charge in [0.2, 0.25) is 0 Å². The second-order valence-corrected chi connectivity index (χ2v) is 4.53. The molecular weight excluding hydrogens is 235 g/mol. The Balaban J connectivity index is 2.30. The molecule has 0 amide bonds. The van der Waals surface area contributed by atoms with Gasteiger partial charge >= 0.3 is 7.12 Å². The Morgan fingerprint density at radius 3 is 1.89 bits per heavy atom. The van der Waals surface area contributed by atoms with Gasteiger partial charge < -0.3 is 10.0 Å². The summed E-state index contributed by atoms with van der Waals surface area (Å²) in [7, 11) is -1.47. The highest BCUT2D eigenvalue weighted by molar-refractivity contribution is 6.61. The minimum absolute atomic E-state index is 0.532. The summed E-state index contributed by atoms with van der Waals surface area (Å²) in [5, 5.41) is 21.3. The van der Waals surface area contributed by atoms with Gasteiger partial charge in [-0.05, 0) is 33.4 Å². The van der Waals surface area contributed by atoms with Gasteiger partial charge in [0.1, 0.15) is 0 Å². The van der Waals surface area contributed by atoms with Crippen molar-refractivity contribution in [3.05, 3.63) is 66.7 Å². The van der Waals surface area contributed by atoms with Gasteiger partial charge in [0.15, 0.2) is 0 Å². The van der Waals surface area contributed by atoms with E-state index in [9.17, 15) is 10.0 Å². The molecule has 0 aliphatic rings. The van der Waals surface area contributed by atoms with Crippen LogP contribution in [0.2, 0.25) is 0 Å². The first-order chi connectivity index (χ1) is 9.25. The van der Waals surface area contributed by atoms with Crippen LogP contribution in [0.5, 0.6) is 0 Å². The standard InChI is InChI=1S/C16H13BO2/c18-17(19)16-11-14-9-5-4-8-13(14)10-15(16)12-6-2-1-3-7-12/h1-11,18-19H. The van der Waals surface area contributed by atoms with Crippen LogP contribution in [-0.4, -0.2) is 17.2 Å². The van der Waals surface area contributed by atoms with Gasteiger partial charge in [0.25, 0.3) is 0 Å². The Labute approximate surface area is 112 Å². The maximum Gasteiger partial charge on any atom is 0.489 e. The van der Waals surface area contributed by atoms with Crippen molar-refractivity contribution in [1.82, 2.24) is 0 Å². The lowest BCUT2D eigenvalue weighted by atomic mass is 9.74. The van der Waals surface area contributed by atoms with E-state index in [1.807, 2.05) is 66.7 Å². The van der Waals surface area contributed by atoms with Crippen molar-refractivity contribution in [2.45, 2.75) is 0 Å². The van der Waals surface area contributed by atoms with Crippen molar-refractivity contribution < 1.29 is 10.0 Å². The molecule has 0 saturated carbocycles. The van der Waals surface area contributed by atoms with Gasteiger partial charge in [0, 0.05) is 0 Å². The summed E-state index contributed by atoms with van der Waals surface area (Å²) in [5.41, 5.74) is 2.37. The van der Waals surface area contributed by atoms with Crippen molar-refractivity contribution in [2.75, 3.05) is 0 Å². The van der Waals surface area contributed by atoms with Crippen LogP contribution in [0.3, 0.4) is 0 Å². The fourth-order valence-electron chi connectivity index (χ4n) is 2.34. The van der Waals surface area contributed by atoms with E-state index < -0.39 is 7.12 Å². The van der Waals surface area contributed by atoms with Crippen LogP contribution in [0.15, 0.2) is 66.7 Å². The summed E-state index contributed by atoms with van der Waals surface area (Å²) in [5.74, 6) is 0. The normalized spacial score (nSPS) is 10.6. The first-order valence-electron chi connectivity index (χ1n) is 6.20. The Morgan fingerprint density at radius 2 is 1.26 bits per heavy atom. The molecule has 0 heterocycles. The average molecular weight is 248 g/mol. The molecule has 0 aromatic heterocycles. The van der Waals surface area contributed by atoms with E-state index in [1.165, 1.54) is 0 Å². The Bertz CT molecular complexity index is 708. The first-order valence-corrected chi connectivity index (χ1v) is 6.20. The number of rotatable bonds is 2. The second kappa shape index (κ2) is 4.88. The highest BCUT2D eigenvalue weighted by atomic mass is 16.4. The second-order valence-electron chi connectivity index (χ2n) is 4.53. The monoisotopic (exact) mass is 248 g/mol. The molecule has 3 aromatic rings. The van der Waals surface area contributed by atoms with Crippen LogP contribution in [0.1, 0.15) is 0 Å². The van der Waals surface area contributed by atoms with Crippen molar-refractivity contribution in [3.63, 3.8) is 0 Å². The van der Waals surface area contributed by atoms with Crippen LogP contribution in [0.4, 0.5) is 0 Å². The maximum atomic E-state index is 9.58. The Kier molecular flexibility index (Phi) is 3.07. The zero-order valence-electron chi connectivity index (χ0n) is 10.3. The van der Waals surface area contributed by atoms with Crippen molar-refractivity contribution in [2.24, 2.45) is 0 Å². The van der Waals surface area contributed by atoms with Crippen LogP contribution < -0.4 is 5.46 Å². The topological polar surface area (TPSA) is 40.5 Å². The Morgan fingerprint density at radius 1 is 0.684 bits per heavy atom. The maximum absolute atomic E-state index is 9.58. The SMILES string of the molecule is OB(O)c1cc2ccccc2cc1-c1ccccc1. The molecule has 0 radical (unpaired) electrons. The van der Waals surface area contributed by atoms with E-state index in [2.05, 4.69) is 0 Å². The van der Waals surface area contributed by atoms with E-state index in [1.54, 1.807) is 0 Å². The molecule has 0 aliphatic heterocycles. The molecule has 3 rings (SSSR count). The molecule has 0 unspecified atom stereocenters. The molecule has 3 aromatic carbocycles. The van der Waals surface area contributed by atoms with E-state index in [0.717, 1.165) is 21.9 Å². The molecule has 92 valence electrons. The summed E-state index contributed by atoms with van der Waals surface area (Å²) in [4.78, 5) is 0. The fraction of sp³-hybridized carbons (Fsp3) is 0. The molecule has 0 bridgehead atoms. The highest BCUT2D eigenvalue weighted by Gasteiger charge is 2.17. The zero-order chi connectivity index (χ0) is 13.2. The smallest absolute Gasteiger partial charge is 0.423 e. The van der Waals surface area contributed by atoms with Gasteiger partial charge in [-0.25, -0.2) is 0 Å². The van der Waals surface area contributed by atoms with Crippen molar-refractivity contribution >= 4 is 23.4 Å². The molecule has 0 atom stereocenters. The minimum Gasteiger partial charge on any atom is -0.423 e. The average Bonchev–Trinajstić information content (AvgIpc) is 2.46. The van der Waals surface area contributed by atoms with E-state index in [4.69, 9.17) is 0 Å². The molecule has 0 saturated heterocycles. The number of benzene rings is 3. The molecule has 0 spiro atoms. The molecular formula is C16H13BO2. The van der Waals surface area contributed by atoms with Gasteiger partial charge in [-0.3, -0.25) is 0 Å². The molecule has 0 fully saturated rings. The van der Waals surface area contributed by atoms with Gasteiger partial charge in [-0.2, -0.15) is 0 Å². The van der Waals surface area contributed by atoms with Crippen LogP contribution >= 0.6 is 0 Å². The van der Waals surface area contributed by atoms with Crippen LogP contribution in [0, 0.1) is 0 Å². The molecule has 19 heavy (non-hydrogen) atoms.